The molecular formula is C37H53N9O10S2. The van der Waals surface area contributed by atoms with E-state index in [9.17, 15) is 43.8 Å². The van der Waals surface area contributed by atoms with Crippen molar-refractivity contribution in [3.63, 3.8) is 0 Å². The van der Waals surface area contributed by atoms with Crippen molar-refractivity contribution in [3.05, 3.63) is 65.7 Å². The number of amides is 5. The van der Waals surface area contributed by atoms with Crippen molar-refractivity contribution < 1.29 is 48.9 Å². The molecule has 0 saturated heterocycles. The Morgan fingerprint density at radius 3 is 1.67 bits per heavy atom. The number of guanidine groups is 1. The molecule has 0 heterocycles. The van der Waals surface area contributed by atoms with Crippen LogP contribution in [0.15, 0.2) is 59.6 Å². The lowest BCUT2D eigenvalue weighted by molar-refractivity contribution is -0.141. The molecule has 5 amide bonds. The Balaban J connectivity index is 2.48. The summed E-state index contributed by atoms with van der Waals surface area (Å²) in [5.41, 5.74) is 17.9. The molecule has 0 bridgehead atoms. The van der Waals surface area contributed by atoms with Crippen molar-refractivity contribution in [2.45, 2.75) is 81.2 Å². The Labute approximate surface area is 345 Å². The van der Waals surface area contributed by atoms with Gasteiger partial charge >= 0.3 is 11.9 Å². The summed E-state index contributed by atoms with van der Waals surface area (Å²) >= 11 is 5.39. The van der Waals surface area contributed by atoms with Crippen LogP contribution >= 0.6 is 24.4 Å². The van der Waals surface area contributed by atoms with Gasteiger partial charge in [-0.2, -0.15) is 24.4 Å². The highest BCUT2D eigenvalue weighted by atomic mass is 32.2. The lowest BCUT2D eigenvalue weighted by atomic mass is 10.0. The fourth-order valence-electron chi connectivity index (χ4n) is 5.38. The van der Waals surface area contributed by atoms with Crippen molar-refractivity contribution >= 4 is 71.8 Å². The van der Waals surface area contributed by atoms with Gasteiger partial charge in [0.2, 0.25) is 29.5 Å². The Hall–Kier alpha value is -5.54. The highest BCUT2D eigenvalue weighted by Gasteiger charge is 2.33. The van der Waals surface area contributed by atoms with Gasteiger partial charge in [0.25, 0.3) is 0 Å². The molecule has 0 aliphatic carbocycles. The summed E-state index contributed by atoms with van der Waals surface area (Å²) in [6.45, 7) is 0.0856. The summed E-state index contributed by atoms with van der Waals surface area (Å²) in [5.74, 6) is -6.52. The molecule has 0 aliphatic rings. The molecule has 318 valence electrons. The number of carbonyl (C=O) groups excluding carboxylic acids is 5. The molecule has 19 nitrogen and oxygen atoms in total. The number of hydrogen-bond donors (Lipinski definition) is 12. The molecule has 0 radical (unpaired) electrons. The number of carboxylic acid groups (broad SMARTS) is 2. The first-order valence-corrected chi connectivity index (χ1v) is 20.3. The molecule has 14 N–H and O–H groups in total. The first-order chi connectivity index (χ1) is 27.5. The van der Waals surface area contributed by atoms with Gasteiger partial charge in [0.15, 0.2) is 5.96 Å². The number of nitrogens with zero attached hydrogens (tertiary/aromatic N) is 1. The number of hydrogen-bond acceptors (Lipinski definition) is 12. The second-order valence-electron chi connectivity index (χ2n) is 13.2. The van der Waals surface area contributed by atoms with Crippen LogP contribution in [0, 0.1) is 0 Å². The largest absolute Gasteiger partial charge is 0.508 e. The van der Waals surface area contributed by atoms with Crippen molar-refractivity contribution in [1.82, 2.24) is 26.6 Å². The number of thiol groups is 1. The van der Waals surface area contributed by atoms with E-state index in [1.165, 1.54) is 36.0 Å². The molecule has 0 spiro atoms. The number of rotatable bonds is 26. The van der Waals surface area contributed by atoms with E-state index in [-0.39, 0.29) is 62.5 Å². The molecule has 0 saturated carbocycles. The lowest BCUT2D eigenvalue weighted by Crippen LogP contribution is -2.60. The molecule has 2 rings (SSSR count). The van der Waals surface area contributed by atoms with Gasteiger partial charge in [-0.05, 0) is 61.0 Å². The summed E-state index contributed by atoms with van der Waals surface area (Å²) in [6.07, 6.45) is 1.27. The number of thioether (sulfide) groups is 1. The number of nitrogens with two attached hydrogens (primary N) is 3. The Bertz CT molecular complexity index is 1720. The van der Waals surface area contributed by atoms with Crippen LogP contribution in [0.25, 0.3) is 0 Å². The molecule has 21 heteroatoms. The first-order valence-electron chi connectivity index (χ1n) is 18.2. The number of carboxylic acids is 2. The van der Waals surface area contributed by atoms with E-state index < -0.39 is 84.1 Å². The Morgan fingerprint density at radius 1 is 0.690 bits per heavy atom. The summed E-state index contributed by atoms with van der Waals surface area (Å²) in [7, 11) is 0. The summed E-state index contributed by atoms with van der Waals surface area (Å²) in [4.78, 5) is 94.9. The number of phenolic OH excluding ortho intramolecular Hbond substituents is 1. The van der Waals surface area contributed by atoms with Crippen molar-refractivity contribution in [2.24, 2.45) is 22.2 Å². The van der Waals surface area contributed by atoms with Gasteiger partial charge in [0.1, 0.15) is 36.0 Å². The van der Waals surface area contributed by atoms with Gasteiger partial charge in [0.05, 0.1) is 6.04 Å². The van der Waals surface area contributed by atoms with Crippen molar-refractivity contribution in [3.8, 4) is 5.75 Å². The zero-order valence-corrected chi connectivity index (χ0v) is 33.7. The molecule has 0 unspecified atom stereocenters. The van der Waals surface area contributed by atoms with Crippen LogP contribution in [0.2, 0.25) is 0 Å². The summed E-state index contributed by atoms with van der Waals surface area (Å²) in [5, 5.41) is 41.2. The normalized spacial score (nSPS) is 13.9. The fraction of sp³-hybridized carbons (Fsp3) is 0.459. The van der Waals surface area contributed by atoms with E-state index in [0.29, 0.717) is 16.9 Å². The SMILES string of the molecule is CSCC[C@H](NC(=O)[C@H](Cc1ccccc1)NC(=O)[C@H](Cc1ccc(O)cc1)NC(=O)[C@H](CCCN=C(N)N)NC(=O)[C@@H](N)CCC(=O)O)C(=O)N[C@@H](CS)C(=O)O. The van der Waals surface area contributed by atoms with Crippen LogP contribution in [0.5, 0.6) is 5.75 Å². The lowest BCUT2D eigenvalue weighted by Gasteiger charge is -2.27. The molecule has 0 fully saturated rings. The van der Waals surface area contributed by atoms with Gasteiger partial charge in [-0.1, -0.05) is 42.5 Å². The quantitative estimate of drug-likeness (QED) is 0.0225. The Morgan fingerprint density at radius 2 is 1.17 bits per heavy atom. The molecular weight excluding hydrogens is 795 g/mol. The van der Waals surface area contributed by atoms with E-state index in [2.05, 4.69) is 44.2 Å². The summed E-state index contributed by atoms with van der Waals surface area (Å²) in [6, 6.07) is 6.69. The summed E-state index contributed by atoms with van der Waals surface area (Å²) < 4.78 is 0. The minimum atomic E-state index is -1.39. The van der Waals surface area contributed by atoms with Crippen LogP contribution in [-0.2, 0) is 46.4 Å². The number of carbonyl (C=O) groups is 7. The van der Waals surface area contributed by atoms with Gasteiger partial charge in [-0.3, -0.25) is 33.8 Å². The third kappa shape index (κ3) is 18.2. The van der Waals surface area contributed by atoms with Crippen LogP contribution in [-0.4, -0.2) is 123 Å². The van der Waals surface area contributed by atoms with E-state index in [1.807, 2.05) is 0 Å². The topological polar surface area (TPSA) is 331 Å². The number of aliphatic carboxylic acids is 2. The van der Waals surface area contributed by atoms with Crippen LogP contribution in [0.3, 0.4) is 0 Å². The van der Waals surface area contributed by atoms with E-state index >= 15 is 0 Å². The van der Waals surface area contributed by atoms with Crippen LogP contribution in [0.4, 0.5) is 0 Å². The molecule has 58 heavy (non-hydrogen) atoms. The van der Waals surface area contributed by atoms with Crippen molar-refractivity contribution in [2.75, 3.05) is 24.3 Å². The Kier molecular flexibility index (Phi) is 21.5. The third-order valence-electron chi connectivity index (χ3n) is 8.55. The number of nitrogens with one attached hydrogen (secondary N) is 5. The molecule has 0 aliphatic heterocycles. The fourth-order valence-corrected chi connectivity index (χ4v) is 6.10. The highest BCUT2D eigenvalue weighted by Crippen LogP contribution is 2.13. The number of aliphatic imine (C=N–C) groups is 1. The molecule has 0 aromatic heterocycles. The van der Waals surface area contributed by atoms with Gasteiger partial charge < -0.3 is 59.1 Å². The second-order valence-corrected chi connectivity index (χ2v) is 14.5. The third-order valence-corrected chi connectivity index (χ3v) is 9.56. The zero-order chi connectivity index (χ0) is 43.2. The maximum atomic E-state index is 14.2. The number of phenols is 1. The van der Waals surface area contributed by atoms with Gasteiger partial charge in [-0.25, -0.2) is 4.79 Å². The van der Waals surface area contributed by atoms with E-state index in [0.717, 1.165) is 0 Å². The van der Waals surface area contributed by atoms with Crippen LogP contribution in [0.1, 0.15) is 43.2 Å². The smallest absolute Gasteiger partial charge is 0.327 e. The minimum absolute atomic E-state index is 0.0258. The predicted octanol–water partition coefficient (Wildman–Crippen LogP) is -1.39. The standard InChI is InChI=1S/C37H53N9O10S2/c1-58-17-15-26(33(52)46-29(20-57)36(55)56)43-34(53)27(18-21-6-3-2-4-7-21)45-35(54)28(19-22-9-11-23(47)12-10-22)44-32(51)25(8-5-16-41-37(39)40)42-31(50)24(38)13-14-30(48)49/h2-4,6-7,9-12,24-29,47,57H,5,8,13-20,38H2,1H3,(H,42,50)(H,43,53)(H,44,51)(H,45,54)(H,46,52)(H,48,49)(H,55,56)(H4,39,40,41)/t24-,25-,26-,27-,28-,29-/m0/s1. The van der Waals surface area contributed by atoms with E-state index in [4.69, 9.17) is 22.3 Å². The minimum Gasteiger partial charge on any atom is -0.508 e. The van der Waals surface area contributed by atoms with Gasteiger partial charge in [-0.15, -0.1) is 0 Å². The molecule has 2 aromatic carbocycles. The van der Waals surface area contributed by atoms with E-state index in [1.54, 1.807) is 36.6 Å². The maximum Gasteiger partial charge on any atom is 0.327 e. The first kappa shape index (κ1) is 48.6. The highest BCUT2D eigenvalue weighted by molar-refractivity contribution is 7.98. The average molecular weight is 848 g/mol. The molecule has 2 aromatic rings. The van der Waals surface area contributed by atoms with Crippen LogP contribution < -0.4 is 43.8 Å². The monoisotopic (exact) mass is 847 g/mol. The predicted molar refractivity (Wildman–Crippen MR) is 221 cm³/mol. The second kappa shape index (κ2) is 25.7. The number of aromatic hydroxyl groups is 1. The maximum absolute atomic E-state index is 14.2. The zero-order valence-electron chi connectivity index (χ0n) is 32.0. The number of benzene rings is 2. The average Bonchev–Trinajstić information content (AvgIpc) is 3.18. The van der Waals surface area contributed by atoms with Gasteiger partial charge in [0, 0.05) is 31.6 Å². The molecule has 6 atom stereocenters. The van der Waals surface area contributed by atoms with Crippen molar-refractivity contribution in [1.29, 1.82) is 0 Å².